The predicted molar refractivity (Wildman–Crippen MR) is 62.3 cm³/mol. The van der Waals surface area contributed by atoms with E-state index >= 15 is 0 Å². The van der Waals surface area contributed by atoms with Gasteiger partial charge in [-0.25, -0.2) is 4.39 Å². The Morgan fingerprint density at radius 3 is 2.71 bits per heavy atom. The molecule has 0 bridgehead atoms. The highest BCUT2D eigenvalue weighted by Crippen LogP contribution is 2.12. The Hall–Kier alpha value is -0.760. The van der Waals surface area contributed by atoms with Gasteiger partial charge in [-0.1, -0.05) is 24.4 Å². The molecule has 0 aliphatic heterocycles. The number of hydrogen-bond acceptors (Lipinski definition) is 1. The summed E-state index contributed by atoms with van der Waals surface area (Å²) in [6.07, 6.45) is 2.62. The molecular formula is C12H15FS. The van der Waals surface area contributed by atoms with Gasteiger partial charge in [0.15, 0.2) is 0 Å². The van der Waals surface area contributed by atoms with E-state index in [1.165, 1.54) is 0 Å². The maximum Gasteiger partial charge on any atom is 0.126 e. The molecule has 0 saturated heterocycles. The van der Waals surface area contributed by atoms with Crippen LogP contribution in [0.2, 0.25) is 0 Å². The number of halogens is 1. The molecule has 1 rings (SSSR count). The van der Waals surface area contributed by atoms with Crippen molar-refractivity contribution in [3.63, 3.8) is 0 Å². The highest BCUT2D eigenvalue weighted by Gasteiger charge is 2.01. The van der Waals surface area contributed by atoms with Crippen LogP contribution in [0.5, 0.6) is 0 Å². The van der Waals surface area contributed by atoms with Crippen LogP contribution < -0.4 is 0 Å². The van der Waals surface area contributed by atoms with E-state index in [0.717, 1.165) is 35.3 Å². The van der Waals surface area contributed by atoms with E-state index in [1.807, 2.05) is 26.0 Å². The summed E-state index contributed by atoms with van der Waals surface area (Å²) < 4.78 is 13.3. The van der Waals surface area contributed by atoms with E-state index in [4.69, 9.17) is 12.2 Å². The summed E-state index contributed by atoms with van der Waals surface area (Å²) in [6, 6.07) is 5.39. The lowest BCUT2D eigenvalue weighted by molar-refractivity contribution is 0.604. The van der Waals surface area contributed by atoms with Gasteiger partial charge in [0.05, 0.1) is 0 Å². The lowest BCUT2D eigenvalue weighted by Crippen LogP contribution is -1.94. The normalized spacial score (nSPS) is 10.2. The SMILES string of the molecule is CC(=S)CCCc1ccc(C)cc1F. The summed E-state index contributed by atoms with van der Waals surface area (Å²) in [5.74, 6) is -0.0907. The molecule has 0 aliphatic rings. The summed E-state index contributed by atoms with van der Waals surface area (Å²) in [5, 5.41) is 0. The summed E-state index contributed by atoms with van der Waals surface area (Å²) in [4.78, 5) is 0.998. The molecule has 0 aromatic heterocycles. The molecule has 0 spiro atoms. The molecule has 14 heavy (non-hydrogen) atoms. The summed E-state index contributed by atoms with van der Waals surface area (Å²) >= 11 is 4.97. The minimum Gasteiger partial charge on any atom is -0.207 e. The van der Waals surface area contributed by atoms with Crippen LogP contribution >= 0.6 is 12.2 Å². The minimum absolute atomic E-state index is 0.0907. The fourth-order valence-corrected chi connectivity index (χ4v) is 1.53. The largest absolute Gasteiger partial charge is 0.207 e. The third-order valence-corrected chi connectivity index (χ3v) is 2.39. The maximum absolute atomic E-state index is 13.3. The molecule has 0 atom stereocenters. The van der Waals surface area contributed by atoms with Gasteiger partial charge in [-0.3, -0.25) is 0 Å². The smallest absolute Gasteiger partial charge is 0.126 e. The predicted octanol–water partition coefficient (Wildman–Crippen LogP) is 3.85. The van der Waals surface area contributed by atoms with E-state index in [2.05, 4.69) is 0 Å². The Labute approximate surface area is 90.1 Å². The van der Waals surface area contributed by atoms with Crippen LogP contribution in [-0.4, -0.2) is 4.86 Å². The van der Waals surface area contributed by atoms with E-state index in [9.17, 15) is 4.39 Å². The molecule has 2 heteroatoms. The fraction of sp³-hybridized carbons (Fsp3) is 0.417. The molecule has 0 radical (unpaired) electrons. The van der Waals surface area contributed by atoms with Crippen molar-refractivity contribution in [2.24, 2.45) is 0 Å². The second-order valence-electron chi connectivity index (χ2n) is 3.65. The first-order chi connectivity index (χ1) is 6.59. The van der Waals surface area contributed by atoms with Crippen LogP contribution in [0.1, 0.15) is 30.9 Å². The Morgan fingerprint density at radius 1 is 1.43 bits per heavy atom. The maximum atomic E-state index is 13.3. The molecule has 0 unspecified atom stereocenters. The average molecular weight is 210 g/mol. The Bertz CT molecular complexity index is 331. The monoisotopic (exact) mass is 210 g/mol. The highest BCUT2D eigenvalue weighted by molar-refractivity contribution is 7.80. The zero-order valence-electron chi connectivity index (χ0n) is 8.64. The second kappa shape index (κ2) is 5.20. The number of thiocarbonyl (C=S) groups is 1. The molecule has 0 heterocycles. The minimum atomic E-state index is -0.0907. The van der Waals surface area contributed by atoms with Crippen molar-refractivity contribution in [3.05, 3.63) is 35.1 Å². The summed E-state index contributed by atoms with van der Waals surface area (Å²) in [6.45, 7) is 3.83. The molecule has 0 fully saturated rings. The quantitative estimate of drug-likeness (QED) is 0.680. The van der Waals surface area contributed by atoms with Crippen molar-refractivity contribution in [2.45, 2.75) is 33.1 Å². The lowest BCUT2D eigenvalue weighted by atomic mass is 10.1. The van der Waals surface area contributed by atoms with Crippen molar-refractivity contribution in [1.29, 1.82) is 0 Å². The van der Waals surface area contributed by atoms with Crippen molar-refractivity contribution in [1.82, 2.24) is 0 Å². The van der Waals surface area contributed by atoms with Gasteiger partial charge in [-0.05, 0) is 55.2 Å². The van der Waals surface area contributed by atoms with E-state index in [1.54, 1.807) is 6.07 Å². The molecule has 0 saturated carbocycles. The molecule has 76 valence electrons. The molecule has 1 aromatic rings. The molecule has 0 N–H and O–H groups in total. The van der Waals surface area contributed by atoms with Crippen LogP contribution in [0.4, 0.5) is 4.39 Å². The third kappa shape index (κ3) is 3.54. The summed E-state index contributed by atoms with van der Waals surface area (Å²) in [7, 11) is 0. The lowest BCUT2D eigenvalue weighted by Gasteiger charge is -2.03. The van der Waals surface area contributed by atoms with Gasteiger partial charge in [-0.15, -0.1) is 0 Å². The highest BCUT2D eigenvalue weighted by atomic mass is 32.1. The Balaban J connectivity index is 2.55. The molecule has 0 nitrogen and oxygen atoms in total. The zero-order chi connectivity index (χ0) is 10.6. The van der Waals surface area contributed by atoms with Gasteiger partial charge in [0, 0.05) is 0 Å². The Kier molecular flexibility index (Phi) is 4.21. The molecular weight excluding hydrogens is 195 g/mol. The van der Waals surface area contributed by atoms with Crippen LogP contribution in [0, 0.1) is 12.7 Å². The van der Waals surface area contributed by atoms with E-state index in [-0.39, 0.29) is 5.82 Å². The topological polar surface area (TPSA) is 0 Å². The van der Waals surface area contributed by atoms with E-state index < -0.39 is 0 Å². The first-order valence-electron chi connectivity index (χ1n) is 4.84. The number of rotatable bonds is 4. The van der Waals surface area contributed by atoms with Crippen LogP contribution in [0.25, 0.3) is 0 Å². The molecule has 0 aliphatic carbocycles. The van der Waals surface area contributed by atoms with Crippen molar-refractivity contribution in [2.75, 3.05) is 0 Å². The van der Waals surface area contributed by atoms with Gasteiger partial charge in [0.25, 0.3) is 0 Å². The number of hydrogen-bond donors (Lipinski definition) is 0. The van der Waals surface area contributed by atoms with E-state index in [0.29, 0.717) is 0 Å². The van der Waals surface area contributed by atoms with Crippen molar-refractivity contribution in [3.8, 4) is 0 Å². The first-order valence-corrected chi connectivity index (χ1v) is 5.25. The van der Waals surface area contributed by atoms with Crippen LogP contribution in [-0.2, 0) is 6.42 Å². The van der Waals surface area contributed by atoms with Gasteiger partial charge in [-0.2, -0.15) is 0 Å². The number of benzene rings is 1. The average Bonchev–Trinajstić information content (AvgIpc) is 2.08. The van der Waals surface area contributed by atoms with Crippen molar-refractivity contribution < 1.29 is 4.39 Å². The van der Waals surface area contributed by atoms with Gasteiger partial charge in [0.2, 0.25) is 0 Å². The second-order valence-corrected chi connectivity index (χ2v) is 4.35. The van der Waals surface area contributed by atoms with Crippen LogP contribution in [0.15, 0.2) is 18.2 Å². The fourth-order valence-electron chi connectivity index (χ4n) is 1.38. The molecule has 0 amide bonds. The first kappa shape index (κ1) is 11.3. The van der Waals surface area contributed by atoms with Crippen molar-refractivity contribution >= 4 is 17.1 Å². The van der Waals surface area contributed by atoms with Gasteiger partial charge < -0.3 is 0 Å². The zero-order valence-corrected chi connectivity index (χ0v) is 9.46. The summed E-state index contributed by atoms with van der Waals surface area (Å²) in [5.41, 5.74) is 1.77. The van der Waals surface area contributed by atoms with Gasteiger partial charge >= 0.3 is 0 Å². The molecule has 1 aromatic carbocycles. The van der Waals surface area contributed by atoms with Gasteiger partial charge in [0.1, 0.15) is 5.82 Å². The Morgan fingerprint density at radius 2 is 2.14 bits per heavy atom. The number of aryl methyl sites for hydroxylation is 2. The van der Waals surface area contributed by atoms with Crippen LogP contribution in [0.3, 0.4) is 0 Å². The standard InChI is InChI=1S/C12H15FS/c1-9-6-7-11(12(13)8-9)5-3-4-10(2)14/h6-8H,3-5H2,1-2H3. The third-order valence-electron chi connectivity index (χ3n) is 2.18.